The van der Waals surface area contributed by atoms with Gasteiger partial charge in [-0.25, -0.2) is 0 Å². The molecule has 0 unspecified atom stereocenters. The highest BCUT2D eigenvalue weighted by molar-refractivity contribution is 5.99. The van der Waals surface area contributed by atoms with Crippen LogP contribution in [0.4, 0.5) is 5.69 Å². The Hall–Kier alpha value is -3.02. The van der Waals surface area contributed by atoms with Gasteiger partial charge in [-0.1, -0.05) is 0 Å². The van der Waals surface area contributed by atoms with Crippen LogP contribution < -0.4 is 19.1 Å². The number of ether oxygens (including phenoxy) is 3. The van der Waals surface area contributed by atoms with Gasteiger partial charge in [-0.05, 0) is 48.5 Å². The van der Waals surface area contributed by atoms with Crippen LogP contribution in [0.25, 0.3) is 0 Å². The standard InChI is InChI=1S/C19H19NO5/c1-23-15-5-3-14(4-6-15)20-12-13(11-18(20)21)19(22)25-17-9-7-16(24-2)8-10-17/h3-10,13H,11-12H2,1-2H3/t13-/m1/s1. The number of rotatable bonds is 5. The van der Waals surface area contributed by atoms with Gasteiger partial charge in [0.05, 0.1) is 20.1 Å². The summed E-state index contributed by atoms with van der Waals surface area (Å²) >= 11 is 0. The minimum Gasteiger partial charge on any atom is -0.497 e. The number of carbonyl (C=O) groups is 2. The highest BCUT2D eigenvalue weighted by atomic mass is 16.5. The number of hydrogen-bond acceptors (Lipinski definition) is 5. The monoisotopic (exact) mass is 341 g/mol. The van der Waals surface area contributed by atoms with Crippen LogP contribution in [0.2, 0.25) is 0 Å². The van der Waals surface area contributed by atoms with Crippen LogP contribution >= 0.6 is 0 Å². The lowest BCUT2D eigenvalue weighted by Crippen LogP contribution is -2.27. The molecule has 1 atom stereocenters. The van der Waals surface area contributed by atoms with E-state index < -0.39 is 11.9 Å². The fourth-order valence-corrected chi connectivity index (χ4v) is 2.72. The Labute approximate surface area is 145 Å². The Morgan fingerprint density at radius 3 is 2.00 bits per heavy atom. The zero-order chi connectivity index (χ0) is 17.8. The maximum atomic E-state index is 12.3. The lowest BCUT2D eigenvalue weighted by Gasteiger charge is -2.16. The van der Waals surface area contributed by atoms with E-state index in [1.54, 1.807) is 67.7 Å². The second kappa shape index (κ2) is 7.25. The molecule has 0 spiro atoms. The van der Waals surface area contributed by atoms with Crippen molar-refractivity contribution in [3.8, 4) is 17.2 Å². The average Bonchev–Trinajstić information content (AvgIpc) is 3.04. The first-order chi connectivity index (χ1) is 12.1. The fourth-order valence-electron chi connectivity index (χ4n) is 2.72. The van der Waals surface area contributed by atoms with E-state index in [2.05, 4.69) is 0 Å². The Kier molecular flexibility index (Phi) is 4.88. The summed E-state index contributed by atoms with van der Waals surface area (Å²) in [5.41, 5.74) is 0.741. The van der Waals surface area contributed by atoms with Crippen molar-refractivity contribution in [3.63, 3.8) is 0 Å². The SMILES string of the molecule is COc1ccc(OC(=O)[C@@H]2CC(=O)N(c3ccc(OC)cc3)C2)cc1. The number of anilines is 1. The van der Waals surface area contributed by atoms with Crippen molar-refractivity contribution in [3.05, 3.63) is 48.5 Å². The largest absolute Gasteiger partial charge is 0.497 e. The van der Waals surface area contributed by atoms with Crippen molar-refractivity contribution in [1.29, 1.82) is 0 Å². The minimum absolute atomic E-state index is 0.0955. The van der Waals surface area contributed by atoms with Crippen molar-refractivity contribution in [2.45, 2.75) is 6.42 Å². The molecule has 130 valence electrons. The molecule has 6 heteroatoms. The molecular formula is C19H19NO5. The van der Waals surface area contributed by atoms with Crippen molar-refractivity contribution < 1.29 is 23.8 Å². The number of carbonyl (C=O) groups excluding carboxylic acids is 2. The molecule has 1 heterocycles. The molecule has 1 saturated heterocycles. The summed E-state index contributed by atoms with van der Waals surface area (Å²) < 4.78 is 15.6. The molecule has 1 fully saturated rings. The van der Waals surface area contributed by atoms with Gasteiger partial charge in [-0.3, -0.25) is 9.59 Å². The summed E-state index contributed by atoms with van der Waals surface area (Å²) in [7, 11) is 3.15. The van der Waals surface area contributed by atoms with E-state index in [4.69, 9.17) is 14.2 Å². The molecule has 1 aliphatic rings. The third-order valence-electron chi connectivity index (χ3n) is 4.12. The normalized spacial score (nSPS) is 16.6. The van der Waals surface area contributed by atoms with Gasteiger partial charge in [0.25, 0.3) is 0 Å². The van der Waals surface area contributed by atoms with E-state index >= 15 is 0 Å². The zero-order valence-electron chi connectivity index (χ0n) is 14.1. The molecule has 0 bridgehead atoms. The molecule has 0 aliphatic carbocycles. The highest BCUT2D eigenvalue weighted by Gasteiger charge is 2.36. The molecule has 3 rings (SSSR count). The maximum absolute atomic E-state index is 12.3. The summed E-state index contributed by atoms with van der Waals surface area (Å²) in [4.78, 5) is 26.2. The number of methoxy groups -OCH3 is 2. The summed E-state index contributed by atoms with van der Waals surface area (Å²) in [5, 5.41) is 0. The van der Waals surface area contributed by atoms with Crippen LogP contribution in [-0.4, -0.2) is 32.6 Å². The molecule has 2 aromatic carbocycles. The van der Waals surface area contributed by atoms with Crippen molar-refractivity contribution in [2.75, 3.05) is 25.7 Å². The van der Waals surface area contributed by atoms with E-state index in [-0.39, 0.29) is 12.3 Å². The summed E-state index contributed by atoms with van der Waals surface area (Å²) in [6.07, 6.45) is 0.140. The molecule has 0 saturated carbocycles. The van der Waals surface area contributed by atoms with Crippen LogP contribution in [0, 0.1) is 5.92 Å². The third kappa shape index (κ3) is 3.74. The van der Waals surface area contributed by atoms with Crippen molar-refractivity contribution >= 4 is 17.6 Å². The second-order valence-electron chi connectivity index (χ2n) is 5.70. The fraction of sp³-hybridized carbons (Fsp3) is 0.263. The molecule has 2 aromatic rings. The van der Waals surface area contributed by atoms with E-state index in [1.165, 1.54) is 0 Å². The minimum atomic E-state index is -0.489. The van der Waals surface area contributed by atoms with Gasteiger partial charge in [0.2, 0.25) is 5.91 Å². The Morgan fingerprint density at radius 1 is 0.920 bits per heavy atom. The predicted octanol–water partition coefficient (Wildman–Crippen LogP) is 2.66. The topological polar surface area (TPSA) is 65.1 Å². The van der Waals surface area contributed by atoms with Crippen LogP contribution in [0.15, 0.2) is 48.5 Å². The van der Waals surface area contributed by atoms with Gasteiger partial charge in [-0.15, -0.1) is 0 Å². The number of esters is 1. The lowest BCUT2D eigenvalue weighted by atomic mass is 10.1. The van der Waals surface area contributed by atoms with Gasteiger partial charge < -0.3 is 19.1 Å². The molecule has 0 aromatic heterocycles. The summed E-state index contributed by atoms with van der Waals surface area (Å²) in [6, 6.07) is 13.9. The summed E-state index contributed by atoms with van der Waals surface area (Å²) in [6.45, 7) is 0.306. The van der Waals surface area contributed by atoms with E-state index in [9.17, 15) is 9.59 Å². The number of hydrogen-bond donors (Lipinski definition) is 0. The van der Waals surface area contributed by atoms with E-state index in [0.717, 1.165) is 5.69 Å². The van der Waals surface area contributed by atoms with Gasteiger partial charge in [0.15, 0.2) is 0 Å². The Bertz CT molecular complexity index is 754. The first-order valence-electron chi connectivity index (χ1n) is 7.91. The molecular weight excluding hydrogens is 322 g/mol. The molecule has 0 N–H and O–H groups in total. The number of amides is 1. The van der Waals surface area contributed by atoms with Crippen molar-refractivity contribution in [2.24, 2.45) is 5.92 Å². The molecule has 1 aliphatic heterocycles. The van der Waals surface area contributed by atoms with E-state index in [1.807, 2.05) is 0 Å². The van der Waals surface area contributed by atoms with Crippen LogP contribution in [0.1, 0.15) is 6.42 Å². The van der Waals surface area contributed by atoms with Crippen LogP contribution in [0.5, 0.6) is 17.2 Å². The van der Waals surface area contributed by atoms with Gasteiger partial charge in [-0.2, -0.15) is 0 Å². The van der Waals surface area contributed by atoms with Gasteiger partial charge >= 0.3 is 5.97 Å². The summed E-state index contributed by atoms with van der Waals surface area (Å²) in [5.74, 6) is 0.835. The first kappa shape index (κ1) is 16.8. The third-order valence-corrected chi connectivity index (χ3v) is 4.12. The molecule has 0 radical (unpaired) electrons. The molecule has 6 nitrogen and oxygen atoms in total. The molecule has 25 heavy (non-hydrogen) atoms. The first-order valence-corrected chi connectivity index (χ1v) is 7.91. The maximum Gasteiger partial charge on any atom is 0.316 e. The predicted molar refractivity (Wildman–Crippen MR) is 92.1 cm³/mol. The van der Waals surface area contributed by atoms with Gasteiger partial charge in [0.1, 0.15) is 17.2 Å². The smallest absolute Gasteiger partial charge is 0.316 e. The molecule has 1 amide bonds. The van der Waals surface area contributed by atoms with Gasteiger partial charge in [0, 0.05) is 18.7 Å². The number of nitrogens with zero attached hydrogens (tertiary/aromatic N) is 1. The van der Waals surface area contributed by atoms with E-state index in [0.29, 0.717) is 23.8 Å². The second-order valence-corrected chi connectivity index (χ2v) is 5.70. The van der Waals surface area contributed by atoms with Crippen LogP contribution in [0.3, 0.4) is 0 Å². The van der Waals surface area contributed by atoms with Crippen molar-refractivity contribution in [1.82, 2.24) is 0 Å². The average molecular weight is 341 g/mol. The Balaban J connectivity index is 1.65. The highest BCUT2D eigenvalue weighted by Crippen LogP contribution is 2.28. The lowest BCUT2D eigenvalue weighted by molar-refractivity contribution is -0.139. The zero-order valence-corrected chi connectivity index (χ0v) is 14.1. The van der Waals surface area contributed by atoms with Crippen LogP contribution in [-0.2, 0) is 9.59 Å². The quantitative estimate of drug-likeness (QED) is 0.618. The Morgan fingerprint density at radius 2 is 1.44 bits per heavy atom. The number of benzene rings is 2.